The normalized spacial score (nSPS) is 18.6. The highest BCUT2D eigenvalue weighted by Gasteiger charge is 2.31. The molecule has 2 heterocycles. The minimum absolute atomic E-state index is 0.0781. The van der Waals surface area contributed by atoms with Crippen LogP contribution in [-0.2, 0) is 9.53 Å². The van der Waals surface area contributed by atoms with Crippen LogP contribution in [0.1, 0.15) is 53.5 Å². The van der Waals surface area contributed by atoms with Crippen LogP contribution >= 0.6 is 0 Å². The third-order valence-corrected chi connectivity index (χ3v) is 3.85. The highest BCUT2D eigenvalue weighted by molar-refractivity contribution is 5.92. The zero-order valence-electron chi connectivity index (χ0n) is 15.2. The van der Waals surface area contributed by atoms with E-state index < -0.39 is 5.60 Å². The number of anilines is 1. The molecule has 2 rings (SSSR count). The summed E-state index contributed by atoms with van der Waals surface area (Å²) < 4.78 is 7.17. The molecule has 1 atom stereocenters. The van der Waals surface area contributed by atoms with Gasteiger partial charge in [-0.05, 0) is 47.5 Å². The highest BCUT2D eigenvalue weighted by atomic mass is 16.6. The fourth-order valence-electron chi connectivity index (χ4n) is 2.74. The predicted molar refractivity (Wildman–Crippen MR) is 91.8 cm³/mol. The number of nitrogens with zero attached hydrogens (tertiary/aromatic N) is 3. The second-order valence-corrected chi connectivity index (χ2v) is 7.51. The summed E-state index contributed by atoms with van der Waals surface area (Å²) >= 11 is 0. The van der Waals surface area contributed by atoms with E-state index in [1.807, 2.05) is 34.6 Å². The van der Waals surface area contributed by atoms with Crippen molar-refractivity contribution in [2.24, 2.45) is 5.92 Å². The number of carbonyl (C=O) groups is 2. The Morgan fingerprint density at radius 3 is 2.71 bits per heavy atom. The van der Waals surface area contributed by atoms with Crippen molar-refractivity contribution >= 4 is 17.8 Å². The average molecular weight is 336 g/mol. The van der Waals surface area contributed by atoms with E-state index in [-0.39, 0.29) is 24.0 Å². The predicted octanol–water partition coefficient (Wildman–Crippen LogP) is 3.05. The number of ether oxygens (including phenoxy) is 1. The standard InChI is InChI=1S/C17H28N4O3/c1-12(2)21-14(8-9-18-21)19-15(22)13-7-6-10-20(11-13)16(23)24-17(3,4)5/h8-9,12-13H,6-7,10-11H2,1-5H3,(H,19,22)/t13-/m1/s1. The molecule has 1 aliphatic rings. The van der Waals surface area contributed by atoms with E-state index in [2.05, 4.69) is 10.4 Å². The fraction of sp³-hybridized carbons (Fsp3) is 0.706. The highest BCUT2D eigenvalue weighted by Crippen LogP contribution is 2.21. The van der Waals surface area contributed by atoms with Gasteiger partial charge in [0.15, 0.2) is 0 Å². The molecule has 24 heavy (non-hydrogen) atoms. The zero-order valence-corrected chi connectivity index (χ0v) is 15.2. The molecule has 0 spiro atoms. The van der Waals surface area contributed by atoms with Crippen molar-refractivity contribution in [3.8, 4) is 0 Å². The van der Waals surface area contributed by atoms with E-state index in [1.165, 1.54) is 0 Å². The molecule has 1 saturated heterocycles. The Bertz CT molecular complexity index is 589. The van der Waals surface area contributed by atoms with Crippen LogP contribution in [0.15, 0.2) is 12.3 Å². The van der Waals surface area contributed by atoms with Crippen molar-refractivity contribution in [1.82, 2.24) is 14.7 Å². The molecule has 1 fully saturated rings. The van der Waals surface area contributed by atoms with Crippen LogP contribution < -0.4 is 5.32 Å². The van der Waals surface area contributed by atoms with Crippen molar-refractivity contribution in [3.63, 3.8) is 0 Å². The van der Waals surface area contributed by atoms with E-state index >= 15 is 0 Å². The Kier molecular flexibility index (Phi) is 5.51. The van der Waals surface area contributed by atoms with Gasteiger partial charge in [0, 0.05) is 25.2 Å². The van der Waals surface area contributed by atoms with Gasteiger partial charge >= 0.3 is 6.09 Å². The second-order valence-electron chi connectivity index (χ2n) is 7.51. The second kappa shape index (κ2) is 7.23. The Hall–Kier alpha value is -2.05. The van der Waals surface area contributed by atoms with Gasteiger partial charge in [-0.3, -0.25) is 4.79 Å². The van der Waals surface area contributed by atoms with Crippen molar-refractivity contribution in [2.75, 3.05) is 18.4 Å². The molecule has 1 N–H and O–H groups in total. The summed E-state index contributed by atoms with van der Waals surface area (Å²) in [4.78, 5) is 26.4. The van der Waals surface area contributed by atoms with Crippen LogP contribution in [0, 0.1) is 5.92 Å². The van der Waals surface area contributed by atoms with Gasteiger partial charge in [-0.2, -0.15) is 5.10 Å². The molecule has 7 nitrogen and oxygen atoms in total. The molecule has 0 aliphatic carbocycles. The molecule has 134 valence electrons. The fourth-order valence-corrected chi connectivity index (χ4v) is 2.74. The first-order valence-electron chi connectivity index (χ1n) is 8.49. The summed E-state index contributed by atoms with van der Waals surface area (Å²) in [6.07, 6.45) is 2.87. The Morgan fingerprint density at radius 2 is 2.08 bits per heavy atom. The van der Waals surface area contributed by atoms with Crippen LogP contribution in [0.3, 0.4) is 0 Å². The lowest BCUT2D eigenvalue weighted by atomic mass is 9.97. The van der Waals surface area contributed by atoms with Crippen LogP contribution in [0.4, 0.5) is 10.6 Å². The largest absolute Gasteiger partial charge is 0.444 e. The van der Waals surface area contributed by atoms with Crippen LogP contribution in [0.2, 0.25) is 0 Å². The molecule has 0 unspecified atom stereocenters. The number of rotatable bonds is 3. The summed E-state index contributed by atoms with van der Waals surface area (Å²) in [5.41, 5.74) is -0.532. The van der Waals surface area contributed by atoms with Gasteiger partial charge in [0.25, 0.3) is 0 Å². The summed E-state index contributed by atoms with van der Waals surface area (Å²) in [6.45, 7) is 10.5. The Labute approximate surface area is 143 Å². The monoisotopic (exact) mass is 336 g/mol. The molecule has 7 heteroatoms. The van der Waals surface area contributed by atoms with E-state index in [0.717, 1.165) is 12.8 Å². The lowest BCUT2D eigenvalue weighted by Gasteiger charge is -2.33. The summed E-state index contributed by atoms with van der Waals surface area (Å²) in [5, 5.41) is 7.15. The first kappa shape index (κ1) is 18.3. The maximum absolute atomic E-state index is 12.6. The number of aromatic nitrogens is 2. The Morgan fingerprint density at radius 1 is 1.38 bits per heavy atom. The molecular formula is C17H28N4O3. The first-order chi connectivity index (χ1) is 11.2. The maximum atomic E-state index is 12.6. The maximum Gasteiger partial charge on any atom is 0.410 e. The van der Waals surface area contributed by atoms with Gasteiger partial charge in [-0.25, -0.2) is 9.48 Å². The first-order valence-corrected chi connectivity index (χ1v) is 8.49. The lowest BCUT2D eigenvalue weighted by Crippen LogP contribution is -2.45. The molecule has 2 amide bonds. The van der Waals surface area contributed by atoms with E-state index in [9.17, 15) is 9.59 Å². The minimum Gasteiger partial charge on any atom is -0.444 e. The van der Waals surface area contributed by atoms with Crippen LogP contribution in [-0.4, -0.2) is 45.4 Å². The summed E-state index contributed by atoms with van der Waals surface area (Å²) in [5.74, 6) is 0.372. The molecule has 0 bridgehead atoms. The smallest absolute Gasteiger partial charge is 0.410 e. The average Bonchev–Trinajstić information content (AvgIpc) is 2.94. The Balaban J connectivity index is 1.97. The number of piperidine rings is 1. The topological polar surface area (TPSA) is 76.5 Å². The molecule has 1 aromatic heterocycles. The van der Waals surface area contributed by atoms with Gasteiger partial charge in [-0.15, -0.1) is 0 Å². The third-order valence-electron chi connectivity index (χ3n) is 3.85. The van der Waals surface area contributed by atoms with Gasteiger partial charge in [0.2, 0.25) is 5.91 Å². The number of hydrogen-bond donors (Lipinski definition) is 1. The van der Waals surface area contributed by atoms with E-state index in [1.54, 1.807) is 21.8 Å². The summed E-state index contributed by atoms with van der Waals surface area (Å²) in [6, 6.07) is 1.95. The third kappa shape index (κ3) is 4.72. The quantitative estimate of drug-likeness (QED) is 0.920. The molecule has 1 aliphatic heterocycles. The van der Waals surface area contributed by atoms with E-state index in [4.69, 9.17) is 4.74 Å². The van der Waals surface area contributed by atoms with E-state index in [0.29, 0.717) is 18.9 Å². The number of nitrogens with one attached hydrogen (secondary N) is 1. The number of carbonyl (C=O) groups excluding carboxylic acids is 2. The lowest BCUT2D eigenvalue weighted by molar-refractivity contribution is -0.121. The van der Waals surface area contributed by atoms with Crippen LogP contribution in [0.25, 0.3) is 0 Å². The molecular weight excluding hydrogens is 308 g/mol. The van der Waals surface area contributed by atoms with Gasteiger partial charge < -0.3 is 15.0 Å². The SMILES string of the molecule is CC(C)n1nccc1NC(=O)[C@@H]1CCCN(C(=O)OC(C)(C)C)C1. The van der Waals surface area contributed by atoms with Crippen LogP contribution in [0.5, 0.6) is 0 Å². The number of amides is 2. The molecule has 1 aromatic rings. The molecule has 0 aromatic carbocycles. The number of likely N-dealkylation sites (tertiary alicyclic amines) is 1. The zero-order chi connectivity index (χ0) is 17.9. The van der Waals surface area contributed by atoms with Crippen molar-refractivity contribution in [3.05, 3.63) is 12.3 Å². The number of hydrogen-bond acceptors (Lipinski definition) is 4. The molecule has 0 radical (unpaired) electrons. The minimum atomic E-state index is -0.532. The summed E-state index contributed by atoms with van der Waals surface area (Å²) in [7, 11) is 0. The molecule has 0 saturated carbocycles. The van der Waals surface area contributed by atoms with Gasteiger partial charge in [-0.1, -0.05) is 0 Å². The van der Waals surface area contributed by atoms with Gasteiger partial charge in [0.1, 0.15) is 11.4 Å². The van der Waals surface area contributed by atoms with Crippen molar-refractivity contribution in [1.29, 1.82) is 0 Å². The van der Waals surface area contributed by atoms with Gasteiger partial charge in [0.05, 0.1) is 12.1 Å². The van der Waals surface area contributed by atoms with Crippen molar-refractivity contribution in [2.45, 2.75) is 59.1 Å². The van der Waals surface area contributed by atoms with Crippen molar-refractivity contribution < 1.29 is 14.3 Å².